The Balaban J connectivity index is 0.00000400. The van der Waals surface area contributed by atoms with Gasteiger partial charge in [0, 0.05) is 18.2 Å². The molecule has 9 heteroatoms. The van der Waals surface area contributed by atoms with Crippen molar-refractivity contribution in [1.29, 1.82) is 0 Å². The summed E-state index contributed by atoms with van der Waals surface area (Å²) in [5.74, 6) is 0. The number of aryl methyl sites for hydroxylation is 2. The average Bonchev–Trinajstić information content (AvgIpc) is 2.33. The lowest BCUT2D eigenvalue weighted by Gasteiger charge is -2.10. The standard InChI is InChI=1S/C12H19N3O4S.ClH/c1-9-7-10(2)12(8-11(9)15(16)17)20(18,19)14-6-4-5-13-3;/h7-8,13-14H,4-6H2,1-3H3;1H. The van der Waals surface area contributed by atoms with Crippen molar-refractivity contribution in [2.24, 2.45) is 0 Å². The van der Waals surface area contributed by atoms with Gasteiger partial charge in [-0.05, 0) is 45.5 Å². The first-order valence-electron chi connectivity index (χ1n) is 6.19. The van der Waals surface area contributed by atoms with E-state index in [0.29, 0.717) is 24.1 Å². The van der Waals surface area contributed by atoms with E-state index in [2.05, 4.69) is 10.0 Å². The van der Waals surface area contributed by atoms with Crippen molar-refractivity contribution >= 4 is 28.1 Å². The van der Waals surface area contributed by atoms with Gasteiger partial charge in [0.15, 0.2) is 0 Å². The molecule has 0 bridgehead atoms. The zero-order valence-electron chi connectivity index (χ0n) is 12.2. The van der Waals surface area contributed by atoms with Crippen LogP contribution in [0.25, 0.3) is 0 Å². The Bertz CT molecular complexity index is 605. The zero-order chi connectivity index (χ0) is 15.3. The minimum Gasteiger partial charge on any atom is -0.320 e. The molecule has 1 aromatic carbocycles. The van der Waals surface area contributed by atoms with Crippen molar-refractivity contribution in [1.82, 2.24) is 10.0 Å². The lowest BCUT2D eigenvalue weighted by atomic mass is 10.1. The lowest BCUT2D eigenvalue weighted by Crippen LogP contribution is -2.27. The van der Waals surface area contributed by atoms with Gasteiger partial charge < -0.3 is 5.32 Å². The van der Waals surface area contributed by atoms with Crippen LogP contribution in [-0.4, -0.2) is 33.5 Å². The summed E-state index contributed by atoms with van der Waals surface area (Å²) in [4.78, 5) is 10.3. The number of rotatable bonds is 7. The average molecular weight is 338 g/mol. The molecule has 7 nitrogen and oxygen atoms in total. The van der Waals surface area contributed by atoms with Crippen LogP contribution in [0.1, 0.15) is 17.5 Å². The molecule has 0 saturated heterocycles. The molecule has 0 atom stereocenters. The Labute approximate surface area is 130 Å². The Hall–Kier alpha value is -1.22. The van der Waals surface area contributed by atoms with Crippen molar-refractivity contribution in [3.63, 3.8) is 0 Å². The molecule has 1 rings (SSSR count). The molecule has 0 radical (unpaired) electrons. The van der Waals surface area contributed by atoms with Crippen LogP contribution in [0.3, 0.4) is 0 Å². The number of nitro groups is 1. The summed E-state index contributed by atoms with van der Waals surface area (Å²) in [5.41, 5.74) is 0.752. The third-order valence-corrected chi connectivity index (χ3v) is 4.48. The van der Waals surface area contributed by atoms with E-state index in [0.717, 1.165) is 6.07 Å². The highest BCUT2D eigenvalue weighted by molar-refractivity contribution is 7.89. The molecule has 0 unspecified atom stereocenters. The molecule has 1 aromatic rings. The monoisotopic (exact) mass is 337 g/mol. The molecule has 0 fully saturated rings. The van der Waals surface area contributed by atoms with E-state index in [1.165, 1.54) is 6.07 Å². The van der Waals surface area contributed by atoms with Gasteiger partial charge in [-0.3, -0.25) is 10.1 Å². The molecule has 0 aromatic heterocycles. The summed E-state index contributed by atoms with van der Waals surface area (Å²) in [6.07, 6.45) is 0.642. The van der Waals surface area contributed by atoms with Gasteiger partial charge in [0.25, 0.3) is 5.69 Å². The van der Waals surface area contributed by atoms with Crippen LogP contribution in [0.4, 0.5) is 5.69 Å². The highest BCUT2D eigenvalue weighted by atomic mass is 35.5. The molecule has 0 spiro atoms. The van der Waals surface area contributed by atoms with Crippen LogP contribution in [-0.2, 0) is 10.0 Å². The molecule has 0 heterocycles. The van der Waals surface area contributed by atoms with Crippen LogP contribution in [0.5, 0.6) is 0 Å². The largest absolute Gasteiger partial charge is 0.320 e. The van der Waals surface area contributed by atoms with Crippen LogP contribution >= 0.6 is 12.4 Å². The highest BCUT2D eigenvalue weighted by Crippen LogP contribution is 2.25. The summed E-state index contributed by atoms with van der Waals surface area (Å²) >= 11 is 0. The predicted octanol–water partition coefficient (Wildman–Crippen LogP) is 1.52. The topological polar surface area (TPSA) is 101 Å². The third kappa shape index (κ3) is 5.24. The number of hydrogen-bond donors (Lipinski definition) is 2. The van der Waals surface area contributed by atoms with Crippen LogP contribution in [0.2, 0.25) is 0 Å². The number of halogens is 1. The Morgan fingerprint density at radius 3 is 2.33 bits per heavy atom. The van der Waals surface area contributed by atoms with Crippen molar-refractivity contribution < 1.29 is 13.3 Å². The zero-order valence-corrected chi connectivity index (χ0v) is 13.8. The molecule has 0 aliphatic rings. The molecule has 21 heavy (non-hydrogen) atoms. The maximum absolute atomic E-state index is 12.1. The number of benzene rings is 1. The minimum absolute atomic E-state index is 0. The second-order valence-corrected chi connectivity index (χ2v) is 6.25. The van der Waals surface area contributed by atoms with Gasteiger partial charge in [0.2, 0.25) is 10.0 Å². The fraction of sp³-hybridized carbons (Fsp3) is 0.500. The summed E-state index contributed by atoms with van der Waals surface area (Å²) in [5, 5.41) is 13.8. The summed E-state index contributed by atoms with van der Waals surface area (Å²) in [6.45, 7) is 4.18. The van der Waals surface area contributed by atoms with Crippen molar-refractivity contribution in [2.75, 3.05) is 20.1 Å². The van der Waals surface area contributed by atoms with Crippen molar-refractivity contribution in [3.8, 4) is 0 Å². The van der Waals surface area contributed by atoms with Crippen LogP contribution < -0.4 is 10.0 Å². The van der Waals surface area contributed by atoms with Gasteiger partial charge in [-0.2, -0.15) is 0 Å². The van der Waals surface area contributed by atoms with E-state index < -0.39 is 14.9 Å². The predicted molar refractivity (Wildman–Crippen MR) is 83.6 cm³/mol. The van der Waals surface area contributed by atoms with Crippen LogP contribution in [0, 0.1) is 24.0 Å². The van der Waals surface area contributed by atoms with Gasteiger partial charge in [0.05, 0.1) is 9.82 Å². The molecular weight excluding hydrogens is 318 g/mol. The van der Waals surface area contributed by atoms with E-state index in [-0.39, 0.29) is 29.5 Å². The van der Waals surface area contributed by atoms with E-state index >= 15 is 0 Å². The number of nitrogens with one attached hydrogen (secondary N) is 2. The lowest BCUT2D eigenvalue weighted by molar-refractivity contribution is -0.385. The Kier molecular flexibility index (Phi) is 7.80. The molecule has 0 aliphatic heterocycles. The smallest absolute Gasteiger partial charge is 0.273 e. The minimum atomic E-state index is -3.73. The molecule has 2 N–H and O–H groups in total. The van der Waals surface area contributed by atoms with Crippen molar-refractivity contribution in [2.45, 2.75) is 25.2 Å². The van der Waals surface area contributed by atoms with E-state index in [1.54, 1.807) is 20.9 Å². The maximum Gasteiger partial charge on any atom is 0.273 e. The summed E-state index contributed by atoms with van der Waals surface area (Å²) in [6, 6.07) is 2.63. The number of nitrogens with zero attached hydrogens (tertiary/aromatic N) is 1. The van der Waals surface area contributed by atoms with Crippen molar-refractivity contribution in [3.05, 3.63) is 33.4 Å². The molecule has 120 valence electrons. The molecular formula is C12H20ClN3O4S. The van der Waals surface area contributed by atoms with Gasteiger partial charge in [-0.15, -0.1) is 12.4 Å². The fourth-order valence-corrected chi connectivity index (χ4v) is 3.18. The van der Waals surface area contributed by atoms with E-state index in [9.17, 15) is 18.5 Å². The Morgan fingerprint density at radius 1 is 1.19 bits per heavy atom. The second-order valence-electron chi connectivity index (χ2n) is 4.52. The number of nitro benzene ring substituents is 1. The maximum atomic E-state index is 12.1. The molecule has 0 saturated carbocycles. The highest BCUT2D eigenvalue weighted by Gasteiger charge is 2.22. The molecule has 0 aliphatic carbocycles. The van der Waals surface area contributed by atoms with Gasteiger partial charge >= 0.3 is 0 Å². The number of hydrogen-bond acceptors (Lipinski definition) is 5. The first-order chi connectivity index (χ1) is 9.29. The first kappa shape index (κ1) is 19.8. The fourth-order valence-electron chi connectivity index (χ4n) is 1.86. The first-order valence-corrected chi connectivity index (χ1v) is 7.68. The van der Waals surface area contributed by atoms with Gasteiger partial charge in [0.1, 0.15) is 0 Å². The number of sulfonamides is 1. The van der Waals surface area contributed by atoms with Crippen LogP contribution in [0.15, 0.2) is 17.0 Å². The second kappa shape index (κ2) is 8.28. The quantitative estimate of drug-likeness (QED) is 0.446. The van der Waals surface area contributed by atoms with Gasteiger partial charge in [-0.25, -0.2) is 13.1 Å². The summed E-state index contributed by atoms with van der Waals surface area (Å²) < 4.78 is 26.7. The Morgan fingerprint density at radius 2 is 1.81 bits per heavy atom. The van der Waals surface area contributed by atoms with E-state index in [4.69, 9.17) is 0 Å². The summed E-state index contributed by atoms with van der Waals surface area (Å²) in [7, 11) is -1.95. The molecule has 0 amide bonds. The third-order valence-electron chi connectivity index (χ3n) is 2.88. The SMILES string of the molecule is CNCCCNS(=O)(=O)c1cc([N+](=O)[O-])c(C)cc1C.Cl. The normalized spacial score (nSPS) is 11.0. The van der Waals surface area contributed by atoms with Gasteiger partial charge in [-0.1, -0.05) is 0 Å². The van der Waals surface area contributed by atoms with E-state index in [1.807, 2.05) is 0 Å².